The smallest absolute Gasteiger partial charge is 0.355 e. The number of carboxylic acid groups (broad SMARTS) is 1. The molecule has 2 N–H and O–H groups in total. The minimum atomic E-state index is -1.02. The van der Waals surface area contributed by atoms with Crippen molar-refractivity contribution in [2.75, 3.05) is 0 Å². The summed E-state index contributed by atoms with van der Waals surface area (Å²) < 4.78 is 1.74. The molecule has 3 aromatic rings. The van der Waals surface area contributed by atoms with E-state index in [9.17, 15) is 9.90 Å². The lowest BCUT2D eigenvalue weighted by Crippen LogP contribution is -2.02. The Kier molecular flexibility index (Phi) is 2.87. The zero-order valence-electron chi connectivity index (χ0n) is 9.79. The first-order valence-electron chi connectivity index (χ1n) is 5.48. The molecule has 0 aliphatic heterocycles. The molecule has 1 aromatic carbocycles. The second-order valence-electron chi connectivity index (χ2n) is 4.27. The van der Waals surface area contributed by atoms with E-state index in [0.29, 0.717) is 10.9 Å². The normalized spacial score (nSPS) is 11.3. The number of hydrogen-bond donors (Lipinski definition) is 2. The second kappa shape index (κ2) is 4.31. The van der Waals surface area contributed by atoms with Crippen molar-refractivity contribution in [1.82, 2.24) is 9.97 Å². The van der Waals surface area contributed by atoms with Crippen molar-refractivity contribution in [3.63, 3.8) is 0 Å². The van der Waals surface area contributed by atoms with E-state index < -0.39 is 5.97 Å². The van der Waals surface area contributed by atoms with Crippen molar-refractivity contribution >= 4 is 59.6 Å². The van der Waals surface area contributed by atoms with Gasteiger partial charge in [0.15, 0.2) is 5.69 Å². The summed E-state index contributed by atoms with van der Waals surface area (Å²) >= 11 is 6.85. The van der Waals surface area contributed by atoms with Crippen LogP contribution in [0, 0.1) is 6.92 Å². The Morgan fingerprint density at radius 2 is 2.00 bits per heavy atom. The van der Waals surface area contributed by atoms with Gasteiger partial charge in [0, 0.05) is 25.9 Å². The number of benzene rings is 1. The minimum Gasteiger partial charge on any atom is -0.476 e. The summed E-state index contributed by atoms with van der Waals surface area (Å²) in [4.78, 5) is 18.8. The molecule has 0 amide bonds. The Morgan fingerprint density at radius 1 is 1.32 bits per heavy atom. The summed E-state index contributed by atoms with van der Waals surface area (Å²) in [7, 11) is 0. The monoisotopic (exact) mass is 382 g/mol. The molecule has 2 heterocycles. The predicted octanol–water partition coefficient (Wildman–Crippen LogP) is 4.25. The minimum absolute atomic E-state index is 0.0791. The molecule has 0 aliphatic rings. The second-order valence-corrected chi connectivity index (χ2v) is 5.98. The highest BCUT2D eigenvalue weighted by atomic mass is 79.9. The zero-order chi connectivity index (χ0) is 13.7. The highest BCUT2D eigenvalue weighted by Crippen LogP contribution is 2.33. The molecule has 2 aromatic heterocycles. The van der Waals surface area contributed by atoms with Gasteiger partial charge in [-0.1, -0.05) is 0 Å². The first-order chi connectivity index (χ1) is 8.99. The quantitative estimate of drug-likeness (QED) is 0.660. The van der Waals surface area contributed by atoms with Crippen LogP contribution in [0.4, 0.5) is 0 Å². The summed E-state index contributed by atoms with van der Waals surface area (Å²) in [6.45, 7) is 1.87. The summed E-state index contributed by atoms with van der Waals surface area (Å²) in [6.07, 6.45) is 1.80. The lowest BCUT2D eigenvalue weighted by molar-refractivity contribution is 0.0693. The fourth-order valence-electron chi connectivity index (χ4n) is 2.20. The number of pyridine rings is 1. The first kappa shape index (κ1) is 12.6. The van der Waals surface area contributed by atoms with Crippen LogP contribution in [0.5, 0.6) is 0 Å². The number of aromatic carboxylic acids is 1. The molecule has 19 heavy (non-hydrogen) atoms. The Balaban J connectivity index is 2.58. The van der Waals surface area contributed by atoms with Gasteiger partial charge in [0.2, 0.25) is 0 Å². The predicted molar refractivity (Wildman–Crippen MR) is 80.7 cm³/mol. The van der Waals surface area contributed by atoms with Crippen molar-refractivity contribution in [3.8, 4) is 0 Å². The summed E-state index contributed by atoms with van der Waals surface area (Å²) in [5.74, 6) is -1.02. The van der Waals surface area contributed by atoms with Crippen molar-refractivity contribution in [1.29, 1.82) is 0 Å². The van der Waals surface area contributed by atoms with Crippen molar-refractivity contribution in [2.24, 2.45) is 0 Å². The van der Waals surface area contributed by atoms with E-state index in [1.165, 1.54) is 0 Å². The molecule has 0 atom stereocenters. The van der Waals surface area contributed by atoms with E-state index in [0.717, 1.165) is 25.4 Å². The van der Waals surface area contributed by atoms with Crippen LogP contribution in [0.2, 0.25) is 0 Å². The Morgan fingerprint density at radius 3 is 2.68 bits per heavy atom. The van der Waals surface area contributed by atoms with Crippen LogP contribution in [-0.2, 0) is 0 Å². The molecule has 0 spiro atoms. The standard InChI is InChI=1S/C13H8Br2N2O2/c1-5-4-16-11-6-2-7(14)8(15)3-9(6)17-12(10(5)11)13(18)19/h2-4,16H,1H3,(H,18,19). The highest BCUT2D eigenvalue weighted by molar-refractivity contribution is 9.13. The number of nitrogens with zero attached hydrogens (tertiary/aromatic N) is 1. The number of halogens is 2. The fourth-order valence-corrected chi connectivity index (χ4v) is 2.87. The van der Waals surface area contributed by atoms with Gasteiger partial charge in [0.1, 0.15) is 0 Å². The number of aryl methyl sites for hydroxylation is 1. The molecule has 0 fully saturated rings. The summed E-state index contributed by atoms with van der Waals surface area (Å²) in [5, 5.41) is 10.9. The van der Waals surface area contributed by atoms with Crippen LogP contribution in [0.1, 0.15) is 16.1 Å². The summed E-state index contributed by atoms with van der Waals surface area (Å²) in [6, 6.07) is 3.73. The number of rotatable bonds is 1. The van der Waals surface area contributed by atoms with E-state index >= 15 is 0 Å². The molecule has 0 radical (unpaired) electrons. The van der Waals surface area contributed by atoms with Gasteiger partial charge in [0.05, 0.1) is 11.0 Å². The van der Waals surface area contributed by atoms with Crippen LogP contribution in [0.3, 0.4) is 0 Å². The van der Waals surface area contributed by atoms with Gasteiger partial charge in [-0.3, -0.25) is 0 Å². The number of aromatic nitrogens is 2. The van der Waals surface area contributed by atoms with Gasteiger partial charge in [-0.05, 0) is 56.5 Å². The molecule has 0 aliphatic carbocycles. The lowest BCUT2D eigenvalue weighted by Gasteiger charge is -2.06. The molecule has 96 valence electrons. The van der Waals surface area contributed by atoms with Crippen LogP contribution < -0.4 is 0 Å². The van der Waals surface area contributed by atoms with Crippen LogP contribution in [0.15, 0.2) is 27.3 Å². The molecular weight excluding hydrogens is 376 g/mol. The molecule has 3 rings (SSSR count). The van der Waals surface area contributed by atoms with Gasteiger partial charge >= 0.3 is 5.97 Å². The Bertz CT molecular complexity index is 840. The average molecular weight is 384 g/mol. The van der Waals surface area contributed by atoms with Crippen molar-refractivity contribution in [3.05, 3.63) is 38.5 Å². The molecule has 0 unspecified atom stereocenters. The van der Waals surface area contributed by atoms with Crippen LogP contribution in [0.25, 0.3) is 21.8 Å². The van der Waals surface area contributed by atoms with Gasteiger partial charge in [-0.2, -0.15) is 0 Å². The average Bonchev–Trinajstić information content (AvgIpc) is 2.73. The maximum atomic E-state index is 11.4. The van der Waals surface area contributed by atoms with E-state index in [-0.39, 0.29) is 5.69 Å². The number of hydrogen-bond acceptors (Lipinski definition) is 2. The first-order valence-corrected chi connectivity index (χ1v) is 7.07. The maximum absolute atomic E-state index is 11.4. The van der Waals surface area contributed by atoms with Gasteiger partial charge in [0.25, 0.3) is 0 Å². The number of carboxylic acids is 1. The van der Waals surface area contributed by atoms with Gasteiger partial charge < -0.3 is 10.1 Å². The molecule has 6 heteroatoms. The number of H-pyrrole nitrogens is 1. The highest BCUT2D eigenvalue weighted by Gasteiger charge is 2.17. The van der Waals surface area contributed by atoms with E-state index in [4.69, 9.17) is 0 Å². The SMILES string of the molecule is Cc1c[nH]c2c1c(C(=O)O)nc1cc(Br)c(Br)cc12. The van der Waals surface area contributed by atoms with Gasteiger partial charge in [-0.15, -0.1) is 0 Å². The van der Waals surface area contributed by atoms with Gasteiger partial charge in [-0.25, -0.2) is 9.78 Å². The third-order valence-electron chi connectivity index (χ3n) is 3.06. The molecular formula is C13H8Br2N2O2. The van der Waals surface area contributed by atoms with Crippen molar-refractivity contribution in [2.45, 2.75) is 6.92 Å². The molecule has 0 bridgehead atoms. The zero-order valence-corrected chi connectivity index (χ0v) is 13.0. The van der Waals surface area contributed by atoms with Crippen molar-refractivity contribution < 1.29 is 9.90 Å². The molecule has 4 nitrogen and oxygen atoms in total. The molecule has 0 saturated heterocycles. The fraction of sp³-hybridized carbons (Fsp3) is 0.0769. The number of carbonyl (C=O) groups is 1. The van der Waals surface area contributed by atoms with E-state index in [1.807, 2.05) is 19.1 Å². The largest absolute Gasteiger partial charge is 0.476 e. The van der Waals surface area contributed by atoms with E-state index in [2.05, 4.69) is 41.8 Å². The topological polar surface area (TPSA) is 66.0 Å². The number of fused-ring (bicyclic) bond motifs is 3. The lowest BCUT2D eigenvalue weighted by atomic mass is 10.1. The number of aromatic amines is 1. The third kappa shape index (κ3) is 1.86. The van der Waals surface area contributed by atoms with Crippen LogP contribution >= 0.6 is 31.9 Å². The van der Waals surface area contributed by atoms with E-state index in [1.54, 1.807) is 6.20 Å². The third-order valence-corrected chi connectivity index (χ3v) is 4.90. The summed E-state index contributed by atoms with van der Waals surface area (Å²) in [5.41, 5.74) is 2.39. The Hall–Kier alpha value is -1.40. The molecule has 0 saturated carbocycles. The Labute approximate surface area is 125 Å². The number of nitrogens with one attached hydrogen (secondary N) is 1. The maximum Gasteiger partial charge on any atom is 0.355 e. The van der Waals surface area contributed by atoms with Crippen LogP contribution in [-0.4, -0.2) is 21.0 Å².